The van der Waals surface area contributed by atoms with Gasteiger partial charge >= 0.3 is 0 Å². The average Bonchev–Trinajstić information content (AvgIpc) is 3.17. The van der Waals surface area contributed by atoms with E-state index >= 15 is 0 Å². The molecule has 3 rings (SSSR count). The van der Waals surface area contributed by atoms with Gasteiger partial charge in [0.25, 0.3) is 0 Å². The lowest BCUT2D eigenvalue weighted by Gasteiger charge is -2.32. The van der Waals surface area contributed by atoms with E-state index in [9.17, 15) is 4.79 Å². The first kappa shape index (κ1) is 15.9. The number of hydrogen-bond acceptors (Lipinski definition) is 4. The summed E-state index contributed by atoms with van der Waals surface area (Å²) in [5.74, 6) is 0.703. The number of allylic oxidation sites excluding steroid dienone is 2. The maximum atomic E-state index is 12.6. The van der Waals surface area contributed by atoms with Crippen molar-refractivity contribution < 1.29 is 9.53 Å². The molecule has 1 amide bonds. The largest absolute Gasteiger partial charge is 0.377 e. The van der Waals surface area contributed by atoms with Crippen LogP contribution in [0.5, 0.6) is 0 Å². The lowest BCUT2D eigenvalue weighted by Crippen LogP contribution is -2.40. The Morgan fingerprint density at radius 2 is 2.43 bits per heavy atom. The number of hydrogen-bond donors (Lipinski definition) is 0. The van der Waals surface area contributed by atoms with E-state index in [1.165, 1.54) is 0 Å². The molecular weight excluding hydrogens is 292 g/mol. The van der Waals surface area contributed by atoms with E-state index in [0.717, 1.165) is 24.2 Å². The topological polar surface area (TPSA) is 60.2 Å². The van der Waals surface area contributed by atoms with E-state index in [2.05, 4.69) is 29.0 Å². The summed E-state index contributed by atoms with van der Waals surface area (Å²) in [7, 11) is 1.90. The average molecular weight is 316 g/mol. The minimum atomic E-state index is 0.113. The van der Waals surface area contributed by atoms with Gasteiger partial charge in [-0.25, -0.2) is 0 Å². The third-order valence-electron chi connectivity index (χ3n) is 4.57. The predicted octanol–water partition coefficient (Wildman–Crippen LogP) is 1.80. The van der Waals surface area contributed by atoms with Gasteiger partial charge in [-0.1, -0.05) is 23.4 Å². The minimum absolute atomic E-state index is 0.113. The molecule has 0 saturated heterocycles. The van der Waals surface area contributed by atoms with Crippen LogP contribution in [-0.4, -0.2) is 45.6 Å². The minimum Gasteiger partial charge on any atom is -0.377 e. The van der Waals surface area contributed by atoms with E-state index in [-0.39, 0.29) is 11.8 Å². The summed E-state index contributed by atoms with van der Waals surface area (Å²) in [4.78, 5) is 14.5. The van der Waals surface area contributed by atoms with Crippen molar-refractivity contribution in [2.45, 2.75) is 31.7 Å². The molecule has 2 heterocycles. The third-order valence-corrected chi connectivity index (χ3v) is 4.57. The van der Waals surface area contributed by atoms with Crippen molar-refractivity contribution in [2.75, 3.05) is 19.8 Å². The highest BCUT2D eigenvalue weighted by Crippen LogP contribution is 2.29. The van der Waals surface area contributed by atoms with Crippen LogP contribution in [0, 0.1) is 5.92 Å². The van der Waals surface area contributed by atoms with Gasteiger partial charge in [0.15, 0.2) is 0 Å². The second kappa shape index (κ2) is 7.08. The summed E-state index contributed by atoms with van der Waals surface area (Å²) in [5.41, 5.74) is 1.97. The first-order chi connectivity index (χ1) is 11.2. The van der Waals surface area contributed by atoms with Crippen LogP contribution in [0.2, 0.25) is 0 Å². The summed E-state index contributed by atoms with van der Waals surface area (Å²) in [6.07, 6.45) is 8.83. The van der Waals surface area contributed by atoms with Crippen LogP contribution in [-0.2, 0) is 23.1 Å². The predicted molar refractivity (Wildman–Crippen MR) is 86.7 cm³/mol. The maximum absolute atomic E-state index is 12.6. The van der Waals surface area contributed by atoms with Crippen LogP contribution >= 0.6 is 0 Å². The van der Waals surface area contributed by atoms with E-state index < -0.39 is 0 Å². The zero-order valence-corrected chi connectivity index (χ0v) is 13.6. The molecule has 6 nitrogen and oxygen atoms in total. The molecule has 23 heavy (non-hydrogen) atoms. The van der Waals surface area contributed by atoms with Gasteiger partial charge in [-0.2, -0.15) is 0 Å². The Morgan fingerprint density at radius 3 is 3.17 bits per heavy atom. The van der Waals surface area contributed by atoms with Gasteiger partial charge in [0.1, 0.15) is 5.69 Å². The number of carbonyl (C=O) groups is 1. The summed E-state index contributed by atoms with van der Waals surface area (Å²) in [6.45, 7) is 5.95. The van der Waals surface area contributed by atoms with Crippen LogP contribution in [0.25, 0.3) is 0 Å². The van der Waals surface area contributed by atoms with Crippen molar-refractivity contribution in [3.63, 3.8) is 0 Å². The Bertz CT molecular complexity index is 608. The van der Waals surface area contributed by atoms with E-state index in [4.69, 9.17) is 4.74 Å². The maximum Gasteiger partial charge on any atom is 0.223 e. The van der Waals surface area contributed by atoms with Gasteiger partial charge in [0.2, 0.25) is 5.91 Å². The van der Waals surface area contributed by atoms with E-state index in [1.807, 2.05) is 11.9 Å². The number of aromatic nitrogens is 3. The van der Waals surface area contributed by atoms with Gasteiger partial charge in [-0.05, 0) is 18.8 Å². The molecule has 6 heteroatoms. The van der Waals surface area contributed by atoms with E-state index in [1.54, 1.807) is 10.8 Å². The molecule has 0 bridgehead atoms. The number of rotatable bonds is 6. The number of carbonyl (C=O) groups excluding carboxylic acids is 1. The van der Waals surface area contributed by atoms with Crippen LogP contribution < -0.4 is 0 Å². The van der Waals surface area contributed by atoms with Gasteiger partial charge in [-0.15, -0.1) is 11.7 Å². The van der Waals surface area contributed by atoms with Gasteiger partial charge in [0.05, 0.1) is 25.5 Å². The van der Waals surface area contributed by atoms with Crippen LogP contribution in [0.1, 0.15) is 36.6 Å². The van der Waals surface area contributed by atoms with Gasteiger partial charge < -0.3 is 9.64 Å². The SMILES string of the molecule is C=CCOCC1CN(C(=O)CC2C=CCC2)Cc2nnn(C)c21. The summed E-state index contributed by atoms with van der Waals surface area (Å²) < 4.78 is 7.43. The smallest absolute Gasteiger partial charge is 0.223 e. The molecule has 1 aliphatic heterocycles. The lowest BCUT2D eigenvalue weighted by atomic mass is 9.97. The van der Waals surface area contributed by atoms with Crippen LogP contribution in [0.3, 0.4) is 0 Å². The molecule has 1 aliphatic carbocycles. The molecule has 0 spiro atoms. The van der Waals surface area contributed by atoms with Crippen molar-refractivity contribution in [3.05, 3.63) is 36.2 Å². The Kier molecular flexibility index (Phi) is 4.91. The number of fused-ring (bicyclic) bond motifs is 1. The molecule has 0 saturated carbocycles. The Morgan fingerprint density at radius 1 is 1.57 bits per heavy atom. The molecule has 2 atom stereocenters. The van der Waals surface area contributed by atoms with Crippen molar-refractivity contribution in [1.29, 1.82) is 0 Å². The highest BCUT2D eigenvalue weighted by molar-refractivity contribution is 5.77. The van der Waals surface area contributed by atoms with Crippen molar-refractivity contribution in [3.8, 4) is 0 Å². The molecule has 1 aromatic heterocycles. The first-order valence-corrected chi connectivity index (χ1v) is 8.20. The molecule has 1 aromatic rings. The fourth-order valence-electron chi connectivity index (χ4n) is 3.45. The first-order valence-electron chi connectivity index (χ1n) is 8.20. The molecule has 0 aromatic carbocycles. The molecule has 124 valence electrons. The Hall–Kier alpha value is -1.95. The molecule has 2 unspecified atom stereocenters. The molecular formula is C17H24N4O2. The standard InChI is InChI=1S/C17H24N4O2/c1-3-8-23-12-14-10-21(11-15-17(14)20(2)19-18-15)16(22)9-13-6-4-5-7-13/h3-4,6,13-14H,1,5,7-12H2,2H3. The monoisotopic (exact) mass is 316 g/mol. The summed E-state index contributed by atoms with van der Waals surface area (Å²) in [6, 6.07) is 0. The fourth-order valence-corrected chi connectivity index (χ4v) is 3.45. The second-order valence-corrected chi connectivity index (χ2v) is 6.31. The second-order valence-electron chi connectivity index (χ2n) is 6.31. The van der Waals surface area contributed by atoms with Gasteiger partial charge in [0, 0.05) is 25.9 Å². The number of ether oxygens (including phenoxy) is 1. The summed E-state index contributed by atoms with van der Waals surface area (Å²) >= 11 is 0. The molecule has 0 radical (unpaired) electrons. The highest BCUT2D eigenvalue weighted by atomic mass is 16.5. The van der Waals surface area contributed by atoms with Crippen molar-refractivity contribution in [1.82, 2.24) is 19.9 Å². The van der Waals surface area contributed by atoms with Crippen LogP contribution in [0.15, 0.2) is 24.8 Å². The molecule has 0 N–H and O–H groups in total. The zero-order chi connectivity index (χ0) is 16.2. The molecule has 2 aliphatic rings. The molecule has 0 fully saturated rings. The van der Waals surface area contributed by atoms with Crippen molar-refractivity contribution in [2.24, 2.45) is 13.0 Å². The van der Waals surface area contributed by atoms with Gasteiger partial charge in [-0.3, -0.25) is 9.48 Å². The number of amides is 1. The quantitative estimate of drug-likeness (QED) is 0.593. The Balaban J connectivity index is 1.70. The lowest BCUT2D eigenvalue weighted by molar-refractivity contribution is -0.133. The van der Waals surface area contributed by atoms with Crippen LogP contribution in [0.4, 0.5) is 0 Å². The summed E-state index contributed by atoms with van der Waals surface area (Å²) in [5, 5.41) is 8.34. The zero-order valence-electron chi connectivity index (χ0n) is 13.6. The Labute approximate surface area is 136 Å². The van der Waals surface area contributed by atoms with Crippen molar-refractivity contribution >= 4 is 5.91 Å². The highest BCUT2D eigenvalue weighted by Gasteiger charge is 2.33. The number of aryl methyl sites for hydroxylation is 1. The fraction of sp³-hybridized carbons (Fsp3) is 0.588. The number of nitrogens with zero attached hydrogens (tertiary/aromatic N) is 4. The third kappa shape index (κ3) is 3.52. The van der Waals surface area contributed by atoms with E-state index in [0.29, 0.717) is 38.6 Å². The normalized spacial score (nSPS) is 23.1.